The van der Waals surface area contributed by atoms with Gasteiger partial charge in [-0.3, -0.25) is 14.4 Å². The van der Waals surface area contributed by atoms with E-state index in [0.29, 0.717) is 25.7 Å². The Morgan fingerprint density at radius 2 is 1.51 bits per heavy atom. The van der Waals surface area contributed by atoms with E-state index < -0.39 is 0 Å². The standard InChI is InChI=1S/C38H46O3/c1-25-14-12-18-32(27(25)3)35(40)24-31(23-29-15-8-7-9-16-29)28(4)37(41)33-21-22-38(5,6)36(33)34(39)20-19-30-17-11-10-13-26(30)2/h7-18,28,31,33,36H,19-24H2,1-6H3. The lowest BCUT2D eigenvalue weighted by Gasteiger charge is -2.32. The third-order valence-corrected chi connectivity index (χ3v) is 9.81. The normalized spacial score (nSPS) is 19.5. The van der Waals surface area contributed by atoms with E-state index >= 15 is 0 Å². The van der Waals surface area contributed by atoms with Crippen LogP contribution in [0.15, 0.2) is 72.8 Å². The Bertz CT molecular complexity index is 1380. The topological polar surface area (TPSA) is 51.2 Å². The fourth-order valence-corrected chi connectivity index (χ4v) is 6.98. The van der Waals surface area contributed by atoms with E-state index in [4.69, 9.17) is 0 Å². The molecule has 0 saturated heterocycles. The van der Waals surface area contributed by atoms with Crippen LogP contribution in [0.4, 0.5) is 0 Å². The van der Waals surface area contributed by atoms with Crippen LogP contribution < -0.4 is 0 Å². The summed E-state index contributed by atoms with van der Waals surface area (Å²) in [5.74, 6) is -0.595. The quantitative estimate of drug-likeness (QED) is 0.212. The molecule has 0 aromatic heterocycles. The zero-order valence-corrected chi connectivity index (χ0v) is 25.7. The number of hydrogen-bond acceptors (Lipinski definition) is 3. The highest BCUT2D eigenvalue weighted by Gasteiger charge is 2.49. The lowest BCUT2D eigenvalue weighted by molar-refractivity contribution is -0.136. The monoisotopic (exact) mass is 550 g/mol. The summed E-state index contributed by atoms with van der Waals surface area (Å²) in [5, 5.41) is 0. The average molecular weight is 551 g/mol. The van der Waals surface area contributed by atoms with Crippen molar-refractivity contribution in [2.45, 2.75) is 80.1 Å². The van der Waals surface area contributed by atoms with Gasteiger partial charge < -0.3 is 0 Å². The molecule has 3 nitrogen and oxygen atoms in total. The van der Waals surface area contributed by atoms with Crippen molar-refractivity contribution in [3.63, 3.8) is 0 Å². The van der Waals surface area contributed by atoms with Crippen molar-refractivity contribution in [2.75, 3.05) is 0 Å². The summed E-state index contributed by atoms with van der Waals surface area (Å²) in [6.07, 6.45) is 3.73. The molecule has 0 radical (unpaired) electrons. The first-order valence-corrected chi connectivity index (χ1v) is 15.2. The Labute approximate surface area is 246 Å². The van der Waals surface area contributed by atoms with E-state index in [9.17, 15) is 14.4 Å². The van der Waals surface area contributed by atoms with Gasteiger partial charge >= 0.3 is 0 Å². The predicted molar refractivity (Wildman–Crippen MR) is 167 cm³/mol. The maximum Gasteiger partial charge on any atom is 0.163 e. The minimum absolute atomic E-state index is 0.0874. The zero-order chi connectivity index (χ0) is 29.7. The summed E-state index contributed by atoms with van der Waals surface area (Å²) in [6, 6.07) is 24.2. The summed E-state index contributed by atoms with van der Waals surface area (Å²) >= 11 is 0. The van der Waals surface area contributed by atoms with Crippen LogP contribution in [0.3, 0.4) is 0 Å². The first-order valence-electron chi connectivity index (χ1n) is 15.2. The minimum Gasteiger partial charge on any atom is -0.299 e. The maximum atomic E-state index is 14.3. The van der Waals surface area contributed by atoms with Crippen LogP contribution in [0, 0.1) is 49.9 Å². The van der Waals surface area contributed by atoms with Crippen LogP contribution in [-0.4, -0.2) is 17.3 Å². The van der Waals surface area contributed by atoms with Gasteiger partial charge in [-0.2, -0.15) is 0 Å². The van der Waals surface area contributed by atoms with E-state index in [1.54, 1.807) is 0 Å². The van der Waals surface area contributed by atoms with Crippen molar-refractivity contribution in [3.8, 4) is 0 Å². The highest BCUT2D eigenvalue weighted by molar-refractivity contribution is 5.98. The molecule has 3 aromatic rings. The Morgan fingerprint density at radius 3 is 2.22 bits per heavy atom. The lowest BCUT2D eigenvalue weighted by Crippen LogP contribution is -2.38. The van der Waals surface area contributed by atoms with Gasteiger partial charge in [-0.15, -0.1) is 0 Å². The Hall–Kier alpha value is -3.33. The molecule has 1 aliphatic carbocycles. The van der Waals surface area contributed by atoms with Crippen molar-refractivity contribution in [2.24, 2.45) is 29.1 Å². The third kappa shape index (κ3) is 7.12. The molecule has 1 saturated carbocycles. The molecule has 4 rings (SSSR count). The smallest absolute Gasteiger partial charge is 0.163 e. The molecule has 0 aliphatic heterocycles. The molecule has 4 unspecified atom stereocenters. The second-order valence-corrected chi connectivity index (χ2v) is 13.0. The van der Waals surface area contributed by atoms with Gasteiger partial charge in [-0.05, 0) is 85.6 Å². The largest absolute Gasteiger partial charge is 0.299 e. The molecule has 4 atom stereocenters. The number of carbonyl (C=O) groups excluding carboxylic acids is 3. The Balaban J connectivity index is 1.56. The molecular weight excluding hydrogens is 504 g/mol. The number of carbonyl (C=O) groups is 3. The summed E-state index contributed by atoms with van der Waals surface area (Å²) in [5.41, 5.74) is 6.15. The highest BCUT2D eigenvalue weighted by atomic mass is 16.1. The van der Waals surface area contributed by atoms with Crippen LogP contribution >= 0.6 is 0 Å². The number of ketones is 3. The number of hydrogen-bond donors (Lipinski definition) is 0. The number of aryl methyl sites for hydroxylation is 3. The second-order valence-electron chi connectivity index (χ2n) is 13.0. The summed E-state index contributed by atoms with van der Waals surface area (Å²) in [6.45, 7) is 12.4. The van der Waals surface area contributed by atoms with Crippen molar-refractivity contribution < 1.29 is 14.4 Å². The third-order valence-electron chi connectivity index (χ3n) is 9.81. The van der Waals surface area contributed by atoms with Gasteiger partial charge in [0.1, 0.15) is 11.6 Å². The van der Waals surface area contributed by atoms with Crippen molar-refractivity contribution in [1.29, 1.82) is 0 Å². The molecule has 216 valence electrons. The van der Waals surface area contributed by atoms with Gasteiger partial charge in [0.05, 0.1) is 0 Å². The maximum absolute atomic E-state index is 14.3. The van der Waals surface area contributed by atoms with Gasteiger partial charge in [-0.25, -0.2) is 0 Å². The van der Waals surface area contributed by atoms with Crippen LogP contribution in [0.5, 0.6) is 0 Å². The summed E-state index contributed by atoms with van der Waals surface area (Å²) in [7, 11) is 0. The average Bonchev–Trinajstić information content (AvgIpc) is 3.28. The first-order chi connectivity index (χ1) is 19.5. The summed E-state index contributed by atoms with van der Waals surface area (Å²) < 4.78 is 0. The molecule has 0 heterocycles. The van der Waals surface area contributed by atoms with Crippen LogP contribution in [0.1, 0.15) is 84.6 Å². The molecule has 41 heavy (non-hydrogen) atoms. The Kier molecular flexibility index (Phi) is 9.79. The van der Waals surface area contributed by atoms with E-state index in [2.05, 4.69) is 45.0 Å². The fourth-order valence-electron chi connectivity index (χ4n) is 6.98. The summed E-state index contributed by atoms with van der Waals surface area (Å²) in [4.78, 5) is 41.7. The molecular formula is C38H46O3. The highest BCUT2D eigenvalue weighted by Crippen LogP contribution is 2.49. The van der Waals surface area contributed by atoms with Crippen LogP contribution in [0.2, 0.25) is 0 Å². The molecule has 0 amide bonds. The van der Waals surface area contributed by atoms with E-state index in [-0.39, 0.29) is 46.4 Å². The SMILES string of the molecule is Cc1ccccc1CCC(=O)C1C(C(=O)C(C)C(CC(=O)c2cccc(C)c2C)Cc2ccccc2)CCC1(C)C. The van der Waals surface area contributed by atoms with Gasteiger partial charge in [0, 0.05) is 36.2 Å². The second kappa shape index (κ2) is 13.1. The number of Topliss-reactive ketones (excluding diaryl/α,β-unsaturated/α-hetero) is 3. The van der Waals surface area contributed by atoms with Crippen molar-refractivity contribution in [3.05, 3.63) is 106 Å². The molecule has 1 fully saturated rings. The predicted octanol–water partition coefficient (Wildman–Crippen LogP) is 8.50. The van der Waals surface area contributed by atoms with E-state index in [0.717, 1.165) is 35.1 Å². The molecule has 0 N–H and O–H groups in total. The number of rotatable bonds is 12. The first kappa shape index (κ1) is 30.6. The molecule has 0 spiro atoms. The van der Waals surface area contributed by atoms with Crippen LogP contribution in [-0.2, 0) is 22.4 Å². The molecule has 3 aromatic carbocycles. The fraction of sp³-hybridized carbons (Fsp3) is 0.447. The van der Waals surface area contributed by atoms with Crippen molar-refractivity contribution in [1.82, 2.24) is 0 Å². The molecule has 1 aliphatic rings. The minimum atomic E-state index is -0.324. The number of benzene rings is 3. The van der Waals surface area contributed by atoms with Gasteiger partial charge in [0.25, 0.3) is 0 Å². The van der Waals surface area contributed by atoms with E-state index in [1.165, 1.54) is 11.1 Å². The van der Waals surface area contributed by atoms with Crippen molar-refractivity contribution >= 4 is 17.3 Å². The lowest BCUT2D eigenvalue weighted by atomic mass is 9.70. The van der Waals surface area contributed by atoms with Gasteiger partial charge in [0.2, 0.25) is 0 Å². The van der Waals surface area contributed by atoms with Crippen LogP contribution in [0.25, 0.3) is 0 Å². The Morgan fingerprint density at radius 1 is 0.854 bits per heavy atom. The zero-order valence-electron chi connectivity index (χ0n) is 25.7. The molecule has 0 bridgehead atoms. The van der Waals surface area contributed by atoms with E-state index in [1.807, 2.05) is 69.3 Å². The van der Waals surface area contributed by atoms with Gasteiger partial charge in [-0.1, -0.05) is 93.6 Å². The molecule has 3 heteroatoms. The van der Waals surface area contributed by atoms with Gasteiger partial charge in [0.15, 0.2) is 5.78 Å².